The molecule has 8 heteroatoms. The zero-order chi connectivity index (χ0) is 18.4. The Hall–Kier alpha value is -1.96. The molecule has 1 atom stereocenters. The molecule has 0 aromatic carbocycles. The van der Waals surface area contributed by atoms with Gasteiger partial charge in [0.15, 0.2) is 0 Å². The normalized spacial score (nSPS) is 13.1. The Morgan fingerprint density at radius 2 is 1.96 bits per heavy atom. The molecule has 134 valence electrons. The summed E-state index contributed by atoms with van der Waals surface area (Å²) < 4.78 is 2.43. The third-order valence-corrected chi connectivity index (χ3v) is 4.85. The van der Waals surface area contributed by atoms with Crippen molar-refractivity contribution in [2.75, 3.05) is 11.5 Å². The molecular formula is C16H25N3O4S. The number of nitrogens with zero attached hydrogens (tertiary/aromatic N) is 2. The van der Waals surface area contributed by atoms with E-state index in [4.69, 9.17) is 10.8 Å². The van der Waals surface area contributed by atoms with E-state index in [0.717, 1.165) is 15.9 Å². The molecule has 0 amide bonds. The van der Waals surface area contributed by atoms with E-state index in [9.17, 15) is 14.4 Å². The van der Waals surface area contributed by atoms with E-state index in [2.05, 4.69) is 0 Å². The van der Waals surface area contributed by atoms with Crippen LogP contribution < -0.4 is 17.0 Å². The van der Waals surface area contributed by atoms with E-state index in [1.807, 2.05) is 19.9 Å². The molecule has 1 aromatic rings. The molecule has 1 unspecified atom stereocenters. The van der Waals surface area contributed by atoms with Gasteiger partial charge in [-0.1, -0.05) is 13.0 Å². The number of hydrogen-bond acceptors (Lipinski definition) is 5. The Balaban J connectivity index is 2.76. The molecule has 0 aliphatic carbocycles. The minimum Gasteiger partial charge on any atom is -0.481 e. The molecule has 7 nitrogen and oxygen atoms in total. The summed E-state index contributed by atoms with van der Waals surface area (Å²) in [6.45, 7) is 3.97. The summed E-state index contributed by atoms with van der Waals surface area (Å²) in [7, 11) is 3.03. The number of allylic oxidation sites excluding steroid dienone is 2. The molecule has 0 aliphatic heterocycles. The van der Waals surface area contributed by atoms with Gasteiger partial charge in [0.25, 0.3) is 5.56 Å². The minimum absolute atomic E-state index is 0.114. The monoisotopic (exact) mass is 355 g/mol. The Bertz CT molecular complexity index is 712. The molecule has 1 heterocycles. The van der Waals surface area contributed by atoms with Crippen molar-refractivity contribution in [2.45, 2.75) is 33.1 Å². The van der Waals surface area contributed by atoms with Gasteiger partial charge >= 0.3 is 11.7 Å². The van der Waals surface area contributed by atoms with Crippen LogP contribution in [0.2, 0.25) is 0 Å². The highest BCUT2D eigenvalue weighted by Gasteiger charge is 2.15. The molecular weight excluding hydrogens is 330 g/mol. The van der Waals surface area contributed by atoms with Crippen LogP contribution in [-0.2, 0) is 25.3 Å². The first kappa shape index (κ1) is 20.1. The second-order valence-electron chi connectivity index (χ2n) is 5.92. The number of aliphatic carboxylic acids is 1. The van der Waals surface area contributed by atoms with Crippen molar-refractivity contribution in [3.8, 4) is 0 Å². The van der Waals surface area contributed by atoms with Gasteiger partial charge in [0.2, 0.25) is 0 Å². The van der Waals surface area contributed by atoms with Crippen LogP contribution in [0.25, 0.3) is 0 Å². The summed E-state index contributed by atoms with van der Waals surface area (Å²) in [4.78, 5) is 35.5. The quantitative estimate of drug-likeness (QED) is 0.729. The second kappa shape index (κ2) is 8.77. The highest BCUT2D eigenvalue weighted by Crippen LogP contribution is 2.20. The lowest BCUT2D eigenvalue weighted by molar-refractivity contribution is -0.136. The lowest BCUT2D eigenvalue weighted by atomic mass is 10.0. The molecule has 24 heavy (non-hydrogen) atoms. The first-order chi connectivity index (χ1) is 11.1. The fourth-order valence-corrected chi connectivity index (χ4v) is 3.11. The van der Waals surface area contributed by atoms with Crippen molar-refractivity contribution in [1.82, 2.24) is 9.13 Å². The van der Waals surface area contributed by atoms with Gasteiger partial charge in [-0.2, -0.15) is 0 Å². The molecule has 3 N–H and O–H groups in total. The molecule has 1 rings (SSSR count). The summed E-state index contributed by atoms with van der Waals surface area (Å²) in [6, 6.07) is 0. The van der Waals surface area contributed by atoms with Crippen LogP contribution in [0.15, 0.2) is 20.6 Å². The van der Waals surface area contributed by atoms with E-state index in [-0.39, 0.29) is 23.7 Å². The van der Waals surface area contributed by atoms with E-state index in [1.165, 1.54) is 23.4 Å². The van der Waals surface area contributed by atoms with Gasteiger partial charge in [0.1, 0.15) is 5.69 Å². The molecule has 0 spiro atoms. The maximum Gasteiger partial charge on any atom is 0.330 e. The van der Waals surface area contributed by atoms with E-state index >= 15 is 0 Å². The third kappa shape index (κ3) is 5.30. The third-order valence-electron chi connectivity index (χ3n) is 3.82. The van der Waals surface area contributed by atoms with Crippen molar-refractivity contribution in [2.24, 2.45) is 20.0 Å². The largest absolute Gasteiger partial charge is 0.481 e. The van der Waals surface area contributed by atoms with Crippen LogP contribution in [0, 0.1) is 5.92 Å². The second-order valence-corrected chi connectivity index (χ2v) is 7.26. The standard InChI is InChI=1S/C16H25N3O4S/c1-10(5-6-11(2)24-8-7-13(20)21)9-12-14(17)15(22)19(4)16(23)18(12)3/h6,10H,5,7-9,17H2,1-4H3,(H,20,21)/b11-6-. The SMILES string of the molecule is C/C(=C/CC(C)Cc1c(N)c(=O)n(C)c(=O)n1C)SCCC(=O)O. The van der Waals surface area contributed by atoms with Crippen molar-refractivity contribution < 1.29 is 9.90 Å². The lowest BCUT2D eigenvalue weighted by Crippen LogP contribution is -2.40. The number of nitrogens with two attached hydrogens (primary N) is 1. The topological polar surface area (TPSA) is 107 Å². The molecule has 0 saturated heterocycles. The zero-order valence-corrected chi connectivity index (χ0v) is 15.4. The maximum absolute atomic E-state index is 12.0. The fourth-order valence-electron chi connectivity index (χ4n) is 2.30. The van der Waals surface area contributed by atoms with E-state index in [1.54, 1.807) is 7.05 Å². The Morgan fingerprint density at radius 1 is 1.33 bits per heavy atom. The number of anilines is 1. The fraction of sp³-hybridized carbons (Fsp3) is 0.562. The van der Waals surface area contributed by atoms with Crippen LogP contribution in [0.3, 0.4) is 0 Å². The highest BCUT2D eigenvalue weighted by atomic mass is 32.2. The summed E-state index contributed by atoms with van der Waals surface area (Å²) in [5.41, 5.74) is 5.71. The average Bonchev–Trinajstić information content (AvgIpc) is 2.53. The number of carboxylic acids is 1. The minimum atomic E-state index is -0.800. The van der Waals surface area contributed by atoms with Crippen LogP contribution in [-0.4, -0.2) is 26.0 Å². The van der Waals surface area contributed by atoms with Gasteiger partial charge in [-0.25, -0.2) is 4.79 Å². The molecule has 0 bridgehead atoms. The summed E-state index contributed by atoms with van der Waals surface area (Å²) >= 11 is 1.51. The van der Waals surface area contributed by atoms with Crippen molar-refractivity contribution in [3.63, 3.8) is 0 Å². The number of aromatic nitrogens is 2. The molecule has 0 radical (unpaired) electrons. The Morgan fingerprint density at radius 3 is 2.54 bits per heavy atom. The van der Waals surface area contributed by atoms with Gasteiger partial charge < -0.3 is 10.8 Å². The predicted octanol–water partition coefficient (Wildman–Crippen LogP) is 1.35. The van der Waals surface area contributed by atoms with E-state index in [0.29, 0.717) is 17.9 Å². The smallest absolute Gasteiger partial charge is 0.330 e. The number of nitrogen functional groups attached to an aromatic ring is 1. The number of hydrogen-bond donors (Lipinski definition) is 2. The predicted molar refractivity (Wildman–Crippen MR) is 97.3 cm³/mol. The van der Waals surface area contributed by atoms with Crippen LogP contribution in [0.5, 0.6) is 0 Å². The van der Waals surface area contributed by atoms with Gasteiger partial charge in [0.05, 0.1) is 12.1 Å². The Kier molecular flexibility index (Phi) is 7.34. The van der Waals surface area contributed by atoms with E-state index < -0.39 is 11.5 Å². The highest BCUT2D eigenvalue weighted by molar-refractivity contribution is 8.03. The van der Waals surface area contributed by atoms with Gasteiger partial charge in [-0.05, 0) is 30.6 Å². The maximum atomic E-state index is 12.0. The molecule has 0 fully saturated rings. The molecule has 1 aromatic heterocycles. The molecule has 0 aliphatic rings. The van der Waals surface area contributed by atoms with Gasteiger partial charge in [-0.3, -0.25) is 18.7 Å². The average molecular weight is 355 g/mol. The number of carbonyl (C=O) groups is 1. The first-order valence-corrected chi connectivity index (χ1v) is 8.69. The molecule has 0 saturated carbocycles. The van der Waals surface area contributed by atoms with Crippen molar-refractivity contribution >= 4 is 23.4 Å². The number of rotatable bonds is 8. The zero-order valence-electron chi connectivity index (χ0n) is 14.5. The summed E-state index contributed by atoms with van der Waals surface area (Å²) in [5.74, 6) is -0.0619. The lowest BCUT2D eigenvalue weighted by Gasteiger charge is -2.16. The van der Waals surface area contributed by atoms with Gasteiger partial charge in [0, 0.05) is 19.8 Å². The van der Waals surface area contributed by atoms with Gasteiger partial charge in [-0.15, -0.1) is 11.8 Å². The first-order valence-electron chi connectivity index (χ1n) is 7.70. The number of carboxylic acid groups (broad SMARTS) is 1. The number of thioether (sulfide) groups is 1. The van der Waals surface area contributed by atoms with Crippen molar-refractivity contribution in [3.05, 3.63) is 37.5 Å². The Labute approximate surface area is 145 Å². The summed E-state index contributed by atoms with van der Waals surface area (Å²) in [5, 5.41) is 8.63. The van der Waals surface area contributed by atoms with Crippen LogP contribution in [0.1, 0.15) is 32.4 Å². The summed E-state index contributed by atoms with van der Waals surface area (Å²) in [6.07, 6.45) is 3.47. The van der Waals surface area contributed by atoms with Crippen LogP contribution in [0.4, 0.5) is 5.69 Å². The van der Waals surface area contributed by atoms with Crippen molar-refractivity contribution in [1.29, 1.82) is 0 Å². The van der Waals surface area contributed by atoms with Crippen LogP contribution >= 0.6 is 11.8 Å².